The van der Waals surface area contributed by atoms with Crippen molar-refractivity contribution in [1.29, 1.82) is 0 Å². The first-order valence-corrected chi connectivity index (χ1v) is 9.48. The predicted octanol–water partition coefficient (Wildman–Crippen LogP) is 2.33. The Morgan fingerprint density at radius 2 is 1.96 bits per heavy atom. The van der Waals surface area contributed by atoms with Gasteiger partial charge in [-0.1, -0.05) is 18.9 Å². The van der Waals surface area contributed by atoms with Gasteiger partial charge in [-0.15, -0.1) is 0 Å². The van der Waals surface area contributed by atoms with Gasteiger partial charge >= 0.3 is 6.03 Å². The van der Waals surface area contributed by atoms with Gasteiger partial charge < -0.3 is 15.1 Å². The topological polar surface area (TPSA) is 65.5 Å². The molecule has 1 atom stereocenters. The lowest BCUT2D eigenvalue weighted by molar-refractivity contribution is -0.135. The van der Waals surface area contributed by atoms with Crippen molar-refractivity contribution < 1.29 is 9.59 Å². The minimum atomic E-state index is -0.133. The van der Waals surface area contributed by atoms with Gasteiger partial charge in [-0.2, -0.15) is 0 Å². The lowest BCUT2D eigenvalue weighted by atomic mass is 9.95. The first kappa shape index (κ1) is 16.4. The van der Waals surface area contributed by atoms with Gasteiger partial charge in [0.25, 0.3) is 0 Å². The van der Waals surface area contributed by atoms with E-state index in [0.717, 1.165) is 31.4 Å². The molecule has 134 valence electrons. The van der Waals surface area contributed by atoms with E-state index in [4.69, 9.17) is 0 Å². The molecule has 1 aromatic rings. The van der Waals surface area contributed by atoms with Gasteiger partial charge in [0.15, 0.2) is 0 Å². The van der Waals surface area contributed by atoms with Crippen LogP contribution >= 0.6 is 0 Å². The Morgan fingerprint density at radius 1 is 1.16 bits per heavy atom. The minimum absolute atomic E-state index is 0.0623. The molecule has 4 rings (SSSR count). The molecule has 0 unspecified atom stereocenters. The van der Waals surface area contributed by atoms with Crippen molar-refractivity contribution in [3.63, 3.8) is 0 Å². The fourth-order valence-electron chi connectivity index (χ4n) is 4.14. The number of carbonyl (C=O) groups is 2. The summed E-state index contributed by atoms with van der Waals surface area (Å²) >= 11 is 0. The molecule has 2 aliphatic carbocycles. The summed E-state index contributed by atoms with van der Waals surface area (Å²) in [7, 11) is 0. The van der Waals surface area contributed by atoms with Crippen LogP contribution in [-0.2, 0) is 4.79 Å². The molecule has 1 aliphatic heterocycles. The average Bonchev–Trinajstić information content (AvgIpc) is 3.34. The average molecular weight is 342 g/mol. The predicted molar refractivity (Wildman–Crippen MR) is 93.8 cm³/mol. The second-order valence-corrected chi connectivity index (χ2v) is 7.47. The summed E-state index contributed by atoms with van der Waals surface area (Å²) in [4.78, 5) is 33.2. The maximum Gasteiger partial charge on any atom is 0.318 e. The Balaban J connectivity index is 1.42. The Hall–Kier alpha value is -2.11. The minimum Gasteiger partial charge on any atom is -0.336 e. The molecule has 3 amide bonds. The summed E-state index contributed by atoms with van der Waals surface area (Å²) in [6, 6.07) is 6.08. The number of amides is 3. The molecule has 0 bridgehead atoms. The molecule has 3 aliphatic rings. The third kappa shape index (κ3) is 3.62. The lowest BCUT2D eigenvalue weighted by Crippen LogP contribution is -2.55. The largest absolute Gasteiger partial charge is 0.336 e. The molecule has 1 saturated heterocycles. The fraction of sp³-hybridized carbons (Fsp3) is 0.632. The van der Waals surface area contributed by atoms with E-state index < -0.39 is 0 Å². The molecule has 0 radical (unpaired) electrons. The molecule has 6 nitrogen and oxygen atoms in total. The highest BCUT2D eigenvalue weighted by molar-refractivity contribution is 5.85. The van der Waals surface area contributed by atoms with Crippen molar-refractivity contribution >= 4 is 11.9 Å². The first-order valence-electron chi connectivity index (χ1n) is 9.48. The summed E-state index contributed by atoms with van der Waals surface area (Å²) in [5.74, 6) is 0.515. The third-order valence-electron chi connectivity index (χ3n) is 5.69. The highest BCUT2D eigenvalue weighted by Gasteiger charge is 2.37. The summed E-state index contributed by atoms with van der Waals surface area (Å²) < 4.78 is 0. The van der Waals surface area contributed by atoms with Crippen LogP contribution in [0.25, 0.3) is 0 Å². The molecular weight excluding hydrogens is 316 g/mol. The van der Waals surface area contributed by atoms with Crippen molar-refractivity contribution in [2.75, 3.05) is 19.6 Å². The van der Waals surface area contributed by atoms with Crippen LogP contribution in [0, 0.1) is 5.92 Å². The van der Waals surface area contributed by atoms with Gasteiger partial charge in [0.2, 0.25) is 5.91 Å². The normalized spacial score (nSPS) is 23.0. The van der Waals surface area contributed by atoms with E-state index in [2.05, 4.69) is 10.3 Å². The maximum atomic E-state index is 12.8. The van der Waals surface area contributed by atoms with Crippen molar-refractivity contribution in [1.82, 2.24) is 20.1 Å². The number of urea groups is 1. The maximum absolute atomic E-state index is 12.8. The van der Waals surface area contributed by atoms with Gasteiger partial charge in [0, 0.05) is 25.3 Å². The highest BCUT2D eigenvalue weighted by Crippen LogP contribution is 2.35. The van der Waals surface area contributed by atoms with Crippen LogP contribution in [-0.4, -0.2) is 52.4 Å². The summed E-state index contributed by atoms with van der Waals surface area (Å²) in [5.41, 5.74) is 0.922. The van der Waals surface area contributed by atoms with Crippen molar-refractivity contribution in [3.8, 4) is 0 Å². The van der Waals surface area contributed by atoms with Gasteiger partial charge in [0.05, 0.1) is 11.7 Å². The van der Waals surface area contributed by atoms with Crippen LogP contribution < -0.4 is 5.32 Å². The Morgan fingerprint density at radius 3 is 2.60 bits per heavy atom. The van der Waals surface area contributed by atoms with Gasteiger partial charge in [-0.05, 0) is 43.7 Å². The number of nitrogens with zero attached hydrogens (tertiary/aromatic N) is 3. The van der Waals surface area contributed by atoms with Gasteiger partial charge in [-0.3, -0.25) is 9.78 Å². The molecule has 1 N–H and O–H groups in total. The smallest absolute Gasteiger partial charge is 0.318 e. The van der Waals surface area contributed by atoms with Gasteiger partial charge in [0.1, 0.15) is 6.54 Å². The number of aromatic nitrogens is 1. The molecular formula is C19H26N4O2. The van der Waals surface area contributed by atoms with E-state index in [1.165, 1.54) is 12.8 Å². The van der Waals surface area contributed by atoms with Crippen molar-refractivity contribution in [2.24, 2.45) is 5.92 Å². The number of piperazine rings is 1. The summed E-state index contributed by atoms with van der Waals surface area (Å²) in [6.07, 6.45) is 8.67. The van der Waals surface area contributed by atoms with E-state index >= 15 is 0 Å². The van der Waals surface area contributed by atoms with E-state index in [1.807, 2.05) is 23.1 Å². The zero-order valence-corrected chi connectivity index (χ0v) is 14.6. The zero-order valence-electron chi connectivity index (χ0n) is 14.6. The molecule has 6 heteroatoms. The fourth-order valence-corrected chi connectivity index (χ4v) is 4.14. The second kappa shape index (κ2) is 7.02. The number of carbonyl (C=O) groups excluding carboxylic acids is 2. The molecule has 25 heavy (non-hydrogen) atoms. The number of pyridine rings is 1. The van der Waals surface area contributed by atoms with Crippen LogP contribution in [0.15, 0.2) is 24.4 Å². The van der Waals surface area contributed by atoms with Crippen LogP contribution in [0.2, 0.25) is 0 Å². The van der Waals surface area contributed by atoms with Crippen LogP contribution in [0.4, 0.5) is 4.79 Å². The number of rotatable bonds is 4. The molecule has 2 heterocycles. The van der Waals surface area contributed by atoms with E-state index in [-0.39, 0.29) is 24.5 Å². The summed E-state index contributed by atoms with van der Waals surface area (Å²) in [6.45, 7) is 1.48. The van der Waals surface area contributed by atoms with Crippen molar-refractivity contribution in [2.45, 2.75) is 50.6 Å². The first-order chi connectivity index (χ1) is 12.2. The summed E-state index contributed by atoms with van der Waals surface area (Å²) in [5, 5.41) is 3.18. The number of hydrogen-bond donors (Lipinski definition) is 1. The molecule has 1 aromatic heterocycles. The molecule has 0 spiro atoms. The highest BCUT2D eigenvalue weighted by atomic mass is 16.2. The Bertz CT molecular complexity index is 626. The number of nitrogens with one attached hydrogen (secondary N) is 1. The van der Waals surface area contributed by atoms with Crippen LogP contribution in [0.1, 0.15) is 50.3 Å². The van der Waals surface area contributed by atoms with E-state index in [9.17, 15) is 9.59 Å². The Labute approximate surface area is 148 Å². The van der Waals surface area contributed by atoms with E-state index in [1.54, 1.807) is 11.1 Å². The monoisotopic (exact) mass is 342 g/mol. The van der Waals surface area contributed by atoms with Crippen LogP contribution in [0.3, 0.4) is 0 Å². The quantitative estimate of drug-likeness (QED) is 0.913. The van der Waals surface area contributed by atoms with Crippen LogP contribution in [0.5, 0.6) is 0 Å². The van der Waals surface area contributed by atoms with Gasteiger partial charge in [-0.25, -0.2) is 4.79 Å². The molecule has 3 fully saturated rings. The van der Waals surface area contributed by atoms with E-state index in [0.29, 0.717) is 25.0 Å². The standard InChI is InChI=1S/C19H26N4O2/c24-17-13-22(11-12-23(17)15-8-9-15)19(25)21-18(14-5-1-2-6-14)16-7-3-4-10-20-16/h3-4,7,10,14-15,18H,1-2,5-6,8-9,11-13H2,(H,21,25)/t18-/m1/s1. The molecule has 2 saturated carbocycles. The zero-order chi connectivity index (χ0) is 17.2. The Kier molecular flexibility index (Phi) is 4.59. The SMILES string of the molecule is O=C(N[C@@H](c1ccccn1)C1CCCC1)N1CCN(C2CC2)C(=O)C1. The van der Waals surface area contributed by atoms with Crippen molar-refractivity contribution in [3.05, 3.63) is 30.1 Å². The number of hydrogen-bond acceptors (Lipinski definition) is 3. The molecule has 0 aromatic carbocycles. The second-order valence-electron chi connectivity index (χ2n) is 7.47. The lowest BCUT2D eigenvalue weighted by Gasteiger charge is -2.36. The third-order valence-corrected chi connectivity index (χ3v) is 5.69.